The first kappa shape index (κ1) is 10.1. The molecule has 0 radical (unpaired) electrons. The molecule has 1 N–H and O–H groups in total. The zero-order valence-electron chi connectivity index (χ0n) is 9.03. The summed E-state index contributed by atoms with van der Waals surface area (Å²) in [6.07, 6.45) is 0. The first-order valence-electron chi connectivity index (χ1n) is 5.51. The Labute approximate surface area is 98.8 Å². The largest absolute Gasteiger partial charge is 0.439 e. The number of hydrogen-bond donors (Lipinski definition) is 1. The third-order valence-electron chi connectivity index (χ3n) is 3.22. The molecule has 0 bridgehead atoms. The van der Waals surface area contributed by atoms with Gasteiger partial charge in [0.25, 0.3) is 0 Å². The summed E-state index contributed by atoms with van der Waals surface area (Å²) in [6, 6.07) is 5.66. The van der Waals surface area contributed by atoms with Gasteiger partial charge in [0.05, 0.1) is 10.9 Å². The van der Waals surface area contributed by atoms with Gasteiger partial charge in [-0.2, -0.15) is 0 Å². The molecule has 2 unspecified atom stereocenters. The zero-order valence-corrected chi connectivity index (χ0v) is 9.79. The van der Waals surface area contributed by atoms with Crippen molar-refractivity contribution in [2.75, 3.05) is 13.1 Å². The minimum absolute atomic E-state index is 0.364. The third kappa shape index (κ3) is 1.51. The van der Waals surface area contributed by atoms with Gasteiger partial charge in [0.1, 0.15) is 5.52 Å². The smallest absolute Gasteiger partial charge is 0.200 e. The van der Waals surface area contributed by atoms with Crippen molar-refractivity contribution in [3.05, 3.63) is 29.1 Å². The number of fused-ring (bicyclic) bond motifs is 1. The number of oxazole rings is 1. The quantitative estimate of drug-likeness (QED) is 0.828. The summed E-state index contributed by atoms with van der Waals surface area (Å²) in [6.45, 7) is 4.17. The second-order valence-electron chi connectivity index (χ2n) is 4.38. The Kier molecular flexibility index (Phi) is 2.37. The predicted molar refractivity (Wildman–Crippen MR) is 63.8 cm³/mol. The van der Waals surface area contributed by atoms with Crippen molar-refractivity contribution in [2.24, 2.45) is 5.92 Å². The molecule has 1 saturated heterocycles. The molecule has 2 heterocycles. The third-order valence-corrected chi connectivity index (χ3v) is 3.52. The first-order valence-corrected chi connectivity index (χ1v) is 5.89. The Balaban J connectivity index is 2.08. The predicted octanol–water partition coefficient (Wildman–Crippen LogP) is 2.80. The van der Waals surface area contributed by atoms with Gasteiger partial charge in [-0.25, -0.2) is 4.98 Å². The Morgan fingerprint density at radius 3 is 3.00 bits per heavy atom. The molecule has 1 aliphatic heterocycles. The summed E-state index contributed by atoms with van der Waals surface area (Å²) in [5.41, 5.74) is 1.56. The Bertz CT molecular complexity index is 523. The van der Waals surface area contributed by atoms with Gasteiger partial charge in [0.15, 0.2) is 11.5 Å². The summed E-state index contributed by atoms with van der Waals surface area (Å²) in [4.78, 5) is 4.51. The highest BCUT2D eigenvalue weighted by atomic mass is 35.5. The lowest BCUT2D eigenvalue weighted by molar-refractivity contribution is 0.435. The molecule has 0 spiro atoms. The minimum atomic E-state index is 0.364. The van der Waals surface area contributed by atoms with Crippen LogP contribution in [0.25, 0.3) is 11.1 Å². The van der Waals surface area contributed by atoms with Gasteiger partial charge in [-0.3, -0.25) is 0 Å². The number of aromatic nitrogens is 1. The fourth-order valence-electron chi connectivity index (χ4n) is 2.23. The number of para-hydroxylation sites is 1. The van der Waals surface area contributed by atoms with E-state index in [9.17, 15) is 0 Å². The molecule has 1 aromatic heterocycles. The zero-order chi connectivity index (χ0) is 11.1. The molecule has 0 saturated carbocycles. The maximum Gasteiger partial charge on any atom is 0.200 e. The van der Waals surface area contributed by atoms with E-state index in [0.717, 1.165) is 24.5 Å². The van der Waals surface area contributed by atoms with E-state index in [1.165, 1.54) is 0 Å². The Morgan fingerprint density at radius 1 is 1.44 bits per heavy atom. The van der Waals surface area contributed by atoms with Gasteiger partial charge < -0.3 is 9.73 Å². The molecular weight excluding hydrogens is 224 g/mol. The fourth-order valence-corrected chi connectivity index (χ4v) is 2.44. The van der Waals surface area contributed by atoms with Gasteiger partial charge in [0, 0.05) is 6.54 Å². The number of nitrogens with one attached hydrogen (secondary N) is 1. The number of benzene rings is 1. The van der Waals surface area contributed by atoms with Crippen LogP contribution < -0.4 is 5.32 Å². The normalized spacial score (nSPS) is 25.4. The Morgan fingerprint density at radius 2 is 2.31 bits per heavy atom. The van der Waals surface area contributed by atoms with Crippen LogP contribution in [0.4, 0.5) is 0 Å². The second-order valence-corrected chi connectivity index (χ2v) is 4.79. The summed E-state index contributed by atoms with van der Waals surface area (Å²) < 4.78 is 5.77. The molecular formula is C12H13ClN2O. The van der Waals surface area contributed by atoms with Crippen LogP contribution in [0.1, 0.15) is 18.7 Å². The molecule has 3 nitrogen and oxygen atoms in total. The summed E-state index contributed by atoms with van der Waals surface area (Å²) >= 11 is 6.06. The number of nitrogens with zero attached hydrogens (tertiary/aromatic N) is 1. The van der Waals surface area contributed by atoms with Gasteiger partial charge >= 0.3 is 0 Å². The number of halogens is 1. The lowest BCUT2D eigenvalue weighted by atomic mass is 9.98. The molecule has 0 aliphatic carbocycles. The molecule has 1 aromatic carbocycles. The lowest BCUT2D eigenvalue weighted by Gasteiger charge is -2.08. The number of rotatable bonds is 1. The van der Waals surface area contributed by atoms with Gasteiger partial charge in [-0.05, 0) is 24.6 Å². The maximum absolute atomic E-state index is 6.06. The van der Waals surface area contributed by atoms with Crippen LogP contribution >= 0.6 is 11.6 Å². The summed E-state index contributed by atoms with van der Waals surface area (Å²) in [5.74, 6) is 1.73. The monoisotopic (exact) mass is 236 g/mol. The lowest BCUT2D eigenvalue weighted by Crippen LogP contribution is -2.08. The molecule has 2 atom stereocenters. The summed E-state index contributed by atoms with van der Waals surface area (Å²) in [5, 5.41) is 3.98. The van der Waals surface area contributed by atoms with Gasteiger partial charge in [-0.1, -0.05) is 24.6 Å². The average Bonchev–Trinajstić information content (AvgIpc) is 2.84. The second kappa shape index (κ2) is 3.75. The van der Waals surface area contributed by atoms with Crippen LogP contribution in [-0.2, 0) is 0 Å². The van der Waals surface area contributed by atoms with Crippen molar-refractivity contribution >= 4 is 22.7 Å². The van der Waals surface area contributed by atoms with E-state index in [-0.39, 0.29) is 0 Å². The van der Waals surface area contributed by atoms with Crippen molar-refractivity contribution in [3.8, 4) is 0 Å². The van der Waals surface area contributed by atoms with E-state index in [2.05, 4.69) is 17.2 Å². The van der Waals surface area contributed by atoms with Crippen LogP contribution in [0.5, 0.6) is 0 Å². The van der Waals surface area contributed by atoms with Crippen molar-refractivity contribution in [1.82, 2.24) is 10.3 Å². The topological polar surface area (TPSA) is 38.1 Å². The highest BCUT2D eigenvalue weighted by molar-refractivity contribution is 6.34. The first-order chi connectivity index (χ1) is 7.75. The molecule has 1 fully saturated rings. The molecule has 84 valence electrons. The molecule has 0 amide bonds. The van der Waals surface area contributed by atoms with Crippen molar-refractivity contribution in [1.29, 1.82) is 0 Å². The van der Waals surface area contributed by atoms with E-state index in [0.29, 0.717) is 22.4 Å². The highest BCUT2D eigenvalue weighted by Crippen LogP contribution is 2.31. The van der Waals surface area contributed by atoms with Crippen LogP contribution in [0.2, 0.25) is 5.02 Å². The highest BCUT2D eigenvalue weighted by Gasteiger charge is 2.29. The molecule has 16 heavy (non-hydrogen) atoms. The summed E-state index contributed by atoms with van der Waals surface area (Å²) in [7, 11) is 0. The van der Waals surface area contributed by atoms with E-state index >= 15 is 0 Å². The van der Waals surface area contributed by atoms with Crippen LogP contribution in [0.3, 0.4) is 0 Å². The fraction of sp³-hybridized carbons (Fsp3) is 0.417. The van der Waals surface area contributed by atoms with E-state index in [1.807, 2.05) is 18.2 Å². The maximum atomic E-state index is 6.06. The standard InChI is InChI=1S/C12H13ClN2O/c1-7-5-14-6-8(7)12-15-10-4-2-3-9(13)11(10)16-12/h2-4,7-8,14H,5-6H2,1H3. The average molecular weight is 237 g/mol. The van der Waals surface area contributed by atoms with Crippen LogP contribution in [0.15, 0.2) is 22.6 Å². The van der Waals surface area contributed by atoms with Crippen LogP contribution in [0, 0.1) is 5.92 Å². The molecule has 3 rings (SSSR count). The van der Waals surface area contributed by atoms with E-state index in [4.69, 9.17) is 16.0 Å². The van der Waals surface area contributed by atoms with Crippen molar-refractivity contribution < 1.29 is 4.42 Å². The number of hydrogen-bond acceptors (Lipinski definition) is 3. The van der Waals surface area contributed by atoms with Gasteiger partial charge in [-0.15, -0.1) is 0 Å². The Hall–Kier alpha value is -1.06. The molecule has 2 aromatic rings. The van der Waals surface area contributed by atoms with E-state index in [1.54, 1.807) is 0 Å². The SMILES string of the molecule is CC1CNCC1c1nc2cccc(Cl)c2o1. The minimum Gasteiger partial charge on any atom is -0.439 e. The van der Waals surface area contributed by atoms with Crippen molar-refractivity contribution in [2.45, 2.75) is 12.8 Å². The van der Waals surface area contributed by atoms with Gasteiger partial charge in [0.2, 0.25) is 0 Å². The van der Waals surface area contributed by atoms with E-state index < -0.39 is 0 Å². The molecule has 1 aliphatic rings. The van der Waals surface area contributed by atoms with Crippen LogP contribution in [-0.4, -0.2) is 18.1 Å². The van der Waals surface area contributed by atoms with Crippen molar-refractivity contribution in [3.63, 3.8) is 0 Å². The molecule has 4 heteroatoms.